The number of hydrogen-bond acceptors (Lipinski definition) is 3. The number of likely N-dealkylation sites (tertiary alicyclic amines) is 1. The van der Waals surface area contributed by atoms with Crippen molar-refractivity contribution < 1.29 is 4.74 Å². The summed E-state index contributed by atoms with van der Waals surface area (Å²) in [6.45, 7) is 6.12. The summed E-state index contributed by atoms with van der Waals surface area (Å²) in [6, 6.07) is 0. The van der Waals surface area contributed by atoms with Crippen molar-refractivity contribution in [3.8, 4) is 0 Å². The molecule has 3 nitrogen and oxygen atoms in total. The lowest BCUT2D eigenvalue weighted by Gasteiger charge is -2.17. The molecule has 0 aromatic carbocycles. The third kappa shape index (κ3) is 2.69. The van der Waals surface area contributed by atoms with Gasteiger partial charge in [0.1, 0.15) is 0 Å². The molecule has 14 heavy (non-hydrogen) atoms. The van der Waals surface area contributed by atoms with Crippen LogP contribution >= 0.6 is 0 Å². The molecular weight excluding hydrogens is 176 g/mol. The zero-order chi connectivity index (χ0) is 9.80. The van der Waals surface area contributed by atoms with Gasteiger partial charge in [0.25, 0.3) is 0 Å². The van der Waals surface area contributed by atoms with Gasteiger partial charge in [-0.25, -0.2) is 0 Å². The van der Waals surface area contributed by atoms with E-state index < -0.39 is 0 Å². The Bertz CT molecular complexity index is 169. The fraction of sp³-hybridized carbons (Fsp3) is 1.00. The van der Waals surface area contributed by atoms with E-state index in [2.05, 4.69) is 10.2 Å². The van der Waals surface area contributed by atoms with Crippen molar-refractivity contribution in [1.82, 2.24) is 10.2 Å². The Hall–Kier alpha value is -0.120. The monoisotopic (exact) mass is 198 g/mol. The Kier molecular flexibility index (Phi) is 3.79. The SMILES string of the molecule is COC1CCN(CCC2CCNC2)C1. The van der Waals surface area contributed by atoms with Crippen LogP contribution in [0.25, 0.3) is 0 Å². The molecule has 0 aromatic rings. The Morgan fingerprint density at radius 3 is 3.00 bits per heavy atom. The third-order valence-corrected chi connectivity index (χ3v) is 3.58. The summed E-state index contributed by atoms with van der Waals surface area (Å²) in [5.41, 5.74) is 0. The predicted octanol–water partition coefficient (Wildman–Crippen LogP) is 0.707. The van der Waals surface area contributed by atoms with Crippen molar-refractivity contribution in [2.45, 2.75) is 25.4 Å². The fourth-order valence-corrected chi connectivity index (χ4v) is 2.52. The minimum absolute atomic E-state index is 0.497. The number of ether oxygens (including phenoxy) is 1. The minimum atomic E-state index is 0.497. The average molecular weight is 198 g/mol. The van der Waals surface area contributed by atoms with Gasteiger partial charge in [-0.05, 0) is 44.8 Å². The van der Waals surface area contributed by atoms with Crippen LogP contribution < -0.4 is 5.32 Å². The Balaban J connectivity index is 1.61. The van der Waals surface area contributed by atoms with E-state index in [0.717, 1.165) is 12.5 Å². The topological polar surface area (TPSA) is 24.5 Å². The van der Waals surface area contributed by atoms with Crippen LogP contribution in [-0.4, -0.2) is 50.8 Å². The maximum Gasteiger partial charge on any atom is 0.0710 e. The molecule has 2 saturated heterocycles. The van der Waals surface area contributed by atoms with Gasteiger partial charge in [0.15, 0.2) is 0 Å². The van der Waals surface area contributed by atoms with Crippen LogP contribution in [0.15, 0.2) is 0 Å². The molecule has 2 heterocycles. The van der Waals surface area contributed by atoms with Gasteiger partial charge < -0.3 is 15.0 Å². The van der Waals surface area contributed by atoms with E-state index in [4.69, 9.17) is 4.74 Å². The van der Waals surface area contributed by atoms with Crippen LogP contribution in [0.3, 0.4) is 0 Å². The van der Waals surface area contributed by atoms with Gasteiger partial charge in [0.05, 0.1) is 6.10 Å². The molecule has 82 valence electrons. The average Bonchev–Trinajstić information content (AvgIpc) is 2.86. The van der Waals surface area contributed by atoms with Gasteiger partial charge in [-0.1, -0.05) is 0 Å². The summed E-state index contributed by atoms with van der Waals surface area (Å²) >= 11 is 0. The Morgan fingerprint density at radius 2 is 2.36 bits per heavy atom. The number of nitrogens with zero attached hydrogens (tertiary/aromatic N) is 1. The van der Waals surface area contributed by atoms with Crippen molar-refractivity contribution in [2.75, 3.05) is 39.8 Å². The molecular formula is C11H22N2O. The van der Waals surface area contributed by atoms with Crippen molar-refractivity contribution >= 4 is 0 Å². The highest BCUT2D eigenvalue weighted by atomic mass is 16.5. The van der Waals surface area contributed by atoms with E-state index in [1.54, 1.807) is 0 Å². The van der Waals surface area contributed by atoms with E-state index >= 15 is 0 Å². The molecule has 0 amide bonds. The standard InChI is InChI=1S/C11H22N2O/c1-14-11-4-7-13(9-11)6-3-10-2-5-12-8-10/h10-12H,2-9H2,1H3. The molecule has 2 aliphatic heterocycles. The molecule has 0 radical (unpaired) electrons. The molecule has 2 unspecified atom stereocenters. The van der Waals surface area contributed by atoms with Crippen LogP contribution in [0, 0.1) is 5.92 Å². The second-order valence-corrected chi connectivity index (χ2v) is 4.59. The molecule has 0 saturated carbocycles. The van der Waals surface area contributed by atoms with Gasteiger partial charge in [0, 0.05) is 20.2 Å². The fourth-order valence-electron chi connectivity index (χ4n) is 2.52. The molecule has 0 spiro atoms. The molecule has 0 aromatic heterocycles. The molecule has 2 atom stereocenters. The predicted molar refractivity (Wildman–Crippen MR) is 57.4 cm³/mol. The summed E-state index contributed by atoms with van der Waals surface area (Å²) in [5.74, 6) is 0.927. The Labute approximate surface area is 86.8 Å². The quantitative estimate of drug-likeness (QED) is 0.720. The van der Waals surface area contributed by atoms with Crippen LogP contribution in [0.2, 0.25) is 0 Å². The van der Waals surface area contributed by atoms with Gasteiger partial charge in [0.2, 0.25) is 0 Å². The maximum atomic E-state index is 5.36. The molecule has 2 rings (SSSR count). The van der Waals surface area contributed by atoms with Crippen molar-refractivity contribution in [2.24, 2.45) is 5.92 Å². The second kappa shape index (κ2) is 5.10. The Morgan fingerprint density at radius 1 is 1.43 bits per heavy atom. The number of methoxy groups -OCH3 is 1. The summed E-state index contributed by atoms with van der Waals surface area (Å²) < 4.78 is 5.36. The van der Waals surface area contributed by atoms with Gasteiger partial charge in [-0.3, -0.25) is 0 Å². The molecule has 2 aliphatic rings. The summed E-state index contributed by atoms with van der Waals surface area (Å²) in [4.78, 5) is 2.55. The lowest BCUT2D eigenvalue weighted by Crippen LogP contribution is -2.25. The van der Waals surface area contributed by atoms with Gasteiger partial charge in [-0.2, -0.15) is 0 Å². The molecule has 0 aliphatic carbocycles. The highest BCUT2D eigenvalue weighted by Crippen LogP contribution is 2.16. The summed E-state index contributed by atoms with van der Waals surface area (Å²) in [5, 5.41) is 3.42. The van der Waals surface area contributed by atoms with Crippen LogP contribution in [-0.2, 0) is 4.74 Å². The van der Waals surface area contributed by atoms with Crippen molar-refractivity contribution in [3.63, 3.8) is 0 Å². The lowest BCUT2D eigenvalue weighted by molar-refractivity contribution is 0.107. The van der Waals surface area contributed by atoms with Crippen LogP contribution in [0.1, 0.15) is 19.3 Å². The molecule has 2 fully saturated rings. The number of hydrogen-bond donors (Lipinski definition) is 1. The van der Waals surface area contributed by atoms with E-state index in [-0.39, 0.29) is 0 Å². The van der Waals surface area contributed by atoms with Crippen LogP contribution in [0.5, 0.6) is 0 Å². The number of rotatable bonds is 4. The highest BCUT2D eigenvalue weighted by molar-refractivity contribution is 4.78. The largest absolute Gasteiger partial charge is 0.380 e. The maximum absolute atomic E-state index is 5.36. The highest BCUT2D eigenvalue weighted by Gasteiger charge is 2.23. The first kappa shape index (κ1) is 10.4. The van der Waals surface area contributed by atoms with Crippen molar-refractivity contribution in [1.29, 1.82) is 0 Å². The summed E-state index contributed by atoms with van der Waals surface area (Å²) in [6.07, 6.45) is 4.46. The molecule has 3 heteroatoms. The minimum Gasteiger partial charge on any atom is -0.380 e. The van der Waals surface area contributed by atoms with E-state index in [0.29, 0.717) is 6.10 Å². The molecule has 1 N–H and O–H groups in total. The van der Waals surface area contributed by atoms with E-state index in [9.17, 15) is 0 Å². The second-order valence-electron chi connectivity index (χ2n) is 4.59. The zero-order valence-electron chi connectivity index (χ0n) is 9.17. The first-order valence-electron chi connectivity index (χ1n) is 5.84. The van der Waals surface area contributed by atoms with Crippen molar-refractivity contribution in [3.05, 3.63) is 0 Å². The first-order valence-corrected chi connectivity index (χ1v) is 5.84. The zero-order valence-corrected chi connectivity index (χ0v) is 9.17. The smallest absolute Gasteiger partial charge is 0.0710 e. The normalized spacial score (nSPS) is 34.1. The van der Waals surface area contributed by atoms with E-state index in [1.165, 1.54) is 45.4 Å². The van der Waals surface area contributed by atoms with Gasteiger partial charge >= 0.3 is 0 Å². The first-order chi connectivity index (χ1) is 6.88. The molecule has 0 bridgehead atoms. The third-order valence-electron chi connectivity index (χ3n) is 3.58. The summed E-state index contributed by atoms with van der Waals surface area (Å²) in [7, 11) is 1.83. The number of nitrogens with one attached hydrogen (secondary N) is 1. The van der Waals surface area contributed by atoms with Gasteiger partial charge in [-0.15, -0.1) is 0 Å². The van der Waals surface area contributed by atoms with E-state index in [1.807, 2.05) is 7.11 Å². The lowest BCUT2D eigenvalue weighted by atomic mass is 10.1. The van der Waals surface area contributed by atoms with Crippen LogP contribution in [0.4, 0.5) is 0 Å².